The van der Waals surface area contributed by atoms with Crippen molar-refractivity contribution in [1.29, 1.82) is 0 Å². The van der Waals surface area contributed by atoms with Crippen molar-refractivity contribution in [2.75, 3.05) is 14.2 Å². The first-order valence-corrected chi connectivity index (χ1v) is 9.74. The third-order valence-electron chi connectivity index (χ3n) is 6.13. The van der Waals surface area contributed by atoms with Gasteiger partial charge < -0.3 is 9.47 Å². The number of Topliss-reactive ketones (excluding diaryl/α,β-unsaturated/α-hetero) is 2. The van der Waals surface area contributed by atoms with E-state index in [1.54, 1.807) is 14.2 Å². The summed E-state index contributed by atoms with van der Waals surface area (Å²) in [5, 5.41) is 0. The van der Waals surface area contributed by atoms with Crippen LogP contribution in [0.15, 0.2) is 28.3 Å². The van der Waals surface area contributed by atoms with Gasteiger partial charge in [-0.15, -0.1) is 0 Å². The fourth-order valence-electron chi connectivity index (χ4n) is 4.54. The summed E-state index contributed by atoms with van der Waals surface area (Å²) in [7, 11) is 3.24. The van der Waals surface area contributed by atoms with Gasteiger partial charge in [-0.05, 0) is 66.7 Å². The van der Waals surface area contributed by atoms with E-state index in [0.29, 0.717) is 43.6 Å². The summed E-state index contributed by atoms with van der Waals surface area (Å²) < 4.78 is 11.8. The molecule has 0 radical (unpaired) electrons. The maximum Gasteiger partial charge on any atom is 0.143 e. The normalized spacial score (nSPS) is 28.4. The fourth-order valence-corrected chi connectivity index (χ4v) is 5.17. The summed E-state index contributed by atoms with van der Waals surface area (Å²) in [4.78, 5) is 25.7. The second kappa shape index (κ2) is 6.84. The van der Waals surface area contributed by atoms with Crippen molar-refractivity contribution in [3.8, 4) is 11.5 Å². The van der Waals surface area contributed by atoms with Crippen LogP contribution in [0.1, 0.15) is 45.1 Å². The van der Waals surface area contributed by atoms with Crippen LogP contribution in [0.4, 0.5) is 0 Å². The number of rotatable bonds is 4. The van der Waals surface area contributed by atoms with E-state index in [4.69, 9.17) is 9.47 Å². The highest BCUT2D eigenvalue weighted by atomic mass is 79.9. The molecule has 5 heteroatoms. The number of carbonyl (C=O) groups excluding carboxylic acids is 2. The topological polar surface area (TPSA) is 52.6 Å². The predicted molar refractivity (Wildman–Crippen MR) is 104 cm³/mol. The van der Waals surface area contributed by atoms with Crippen LogP contribution in [-0.2, 0) is 16.0 Å². The van der Waals surface area contributed by atoms with Crippen LogP contribution in [0, 0.1) is 10.8 Å². The standard InChI is InChI=1S/C21H25BrO4/c1-20-11-10-18(24)21(2,16(20)6-5-7-17(20)23)12-13-14(25-3)8-9-15(26-4)19(13)22/h6,8-9H,5,7,10-12H2,1-4H3. The molecular formula is C21H25BrO4. The van der Waals surface area contributed by atoms with Crippen molar-refractivity contribution in [2.24, 2.45) is 10.8 Å². The second-order valence-electron chi connectivity index (χ2n) is 7.61. The number of benzene rings is 1. The van der Waals surface area contributed by atoms with E-state index in [0.717, 1.165) is 15.6 Å². The van der Waals surface area contributed by atoms with E-state index >= 15 is 0 Å². The Morgan fingerprint density at radius 1 is 1.04 bits per heavy atom. The van der Waals surface area contributed by atoms with E-state index in [1.165, 1.54) is 0 Å². The zero-order chi connectivity index (χ0) is 19.1. The maximum absolute atomic E-state index is 13.1. The number of ketones is 2. The van der Waals surface area contributed by atoms with Crippen LogP contribution in [0.2, 0.25) is 0 Å². The Labute approximate surface area is 163 Å². The summed E-state index contributed by atoms with van der Waals surface area (Å²) in [6, 6.07) is 3.69. The molecule has 1 aromatic rings. The van der Waals surface area contributed by atoms with Gasteiger partial charge >= 0.3 is 0 Å². The molecule has 140 valence electrons. The van der Waals surface area contributed by atoms with Crippen molar-refractivity contribution in [2.45, 2.75) is 46.0 Å². The number of carbonyl (C=O) groups is 2. The molecule has 0 heterocycles. The minimum absolute atomic E-state index is 0.188. The molecule has 1 fully saturated rings. The lowest BCUT2D eigenvalue weighted by Crippen LogP contribution is -2.48. The highest BCUT2D eigenvalue weighted by Gasteiger charge is 2.53. The van der Waals surface area contributed by atoms with Gasteiger partial charge in [-0.2, -0.15) is 0 Å². The minimum atomic E-state index is -0.717. The predicted octanol–water partition coefficient (Wildman–Crippen LogP) is 4.67. The molecular weight excluding hydrogens is 396 g/mol. The zero-order valence-corrected chi connectivity index (χ0v) is 17.4. The molecule has 0 spiro atoms. The van der Waals surface area contributed by atoms with Gasteiger partial charge in [-0.3, -0.25) is 9.59 Å². The van der Waals surface area contributed by atoms with Gasteiger partial charge in [0.05, 0.1) is 24.1 Å². The Balaban J connectivity index is 2.12. The third-order valence-corrected chi connectivity index (χ3v) is 7.00. The number of hydrogen-bond acceptors (Lipinski definition) is 4. The molecule has 2 atom stereocenters. The molecule has 26 heavy (non-hydrogen) atoms. The molecule has 4 nitrogen and oxygen atoms in total. The van der Waals surface area contributed by atoms with Crippen molar-refractivity contribution < 1.29 is 19.1 Å². The maximum atomic E-state index is 13.1. The number of methoxy groups -OCH3 is 2. The highest BCUT2D eigenvalue weighted by Crippen LogP contribution is 2.54. The SMILES string of the molecule is COc1ccc(OC)c(CC2(C)C(=O)CCC3(C)C(=O)CCC=C32)c1Br. The first-order valence-electron chi connectivity index (χ1n) is 8.95. The van der Waals surface area contributed by atoms with Crippen LogP contribution < -0.4 is 9.47 Å². The molecule has 0 amide bonds. The first-order chi connectivity index (χ1) is 12.3. The Bertz CT molecular complexity index is 797. The number of hydrogen-bond donors (Lipinski definition) is 0. The van der Waals surface area contributed by atoms with Crippen LogP contribution >= 0.6 is 15.9 Å². The number of allylic oxidation sites excluding steroid dienone is 2. The summed E-state index contributed by atoms with van der Waals surface area (Å²) in [5.74, 6) is 1.85. The van der Waals surface area contributed by atoms with E-state index in [9.17, 15) is 9.59 Å². The van der Waals surface area contributed by atoms with Crippen LogP contribution in [0.25, 0.3) is 0 Å². The van der Waals surface area contributed by atoms with E-state index in [-0.39, 0.29) is 11.6 Å². The van der Waals surface area contributed by atoms with Gasteiger partial charge in [0.15, 0.2) is 0 Å². The van der Waals surface area contributed by atoms with Gasteiger partial charge in [0.25, 0.3) is 0 Å². The van der Waals surface area contributed by atoms with Crippen molar-refractivity contribution in [3.05, 3.63) is 33.8 Å². The Hall–Kier alpha value is -1.62. The second-order valence-corrected chi connectivity index (χ2v) is 8.40. The molecule has 0 bridgehead atoms. The van der Waals surface area contributed by atoms with Gasteiger partial charge in [-0.1, -0.05) is 6.08 Å². The lowest BCUT2D eigenvalue weighted by Gasteiger charge is -2.47. The van der Waals surface area contributed by atoms with Gasteiger partial charge in [0, 0.05) is 23.8 Å². The summed E-state index contributed by atoms with van der Waals surface area (Å²) in [6.07, 6.45) is 4.92. The molecule has 0 aromatic heterocycles. The van der Waals surface area contributed by atoms with E-state index in [1.807, 2.05) is 26.0 Å². The molecule has 0 aliphatic heterocycles. The van der Waals surface area contributed by atoms with Crippen molar-refractivity contribution in [3.63, 3.8) is 0 Å². The average molecular weight is 421 g/mol. The van der Waals surface area contributed by atoms with Crippen LogP contribution in [-0.4, -0.2) is 25.8 Å². The minimum Gasteiger partial charge on any atom is -0.496 e. The number of ether oxygens (including phenoxy) is 2. The lowest BCUT2D eigenvalue weighted by molar-refractivity contribution is -0.135. The number of fused-ring (bicyclic) bond motifs is 1. The summed E-state index contributed by atoms with van der Waals surface area (Å²) >= 11 is 3.61. The van der Waals surface area contributed by atoms with E-state index in [2.05, 4.69) is 22.0 Å². The molecule has 2 unspecified atom stereocenters. The van der Waals surface area contributed by atoms with E-state index < -0.39 is 10.8 Å². The molecule has 1 saturated carbocycles. The highest BCUT2D eigenvalue weighted by molar-refractivity contribution is 9.10. The fraction of sp³-hybridized carbons (Fsp3) is 0.524. The van der Waals surface area contributed by atoms with Crippen LogP contribution in [0.3, 0.4) is 0 Å². The zero-order valence-electron chi connectivity index (χ0n) is 15.8. The Morgan fingerprint density at radius 2 is 1.69 bits per heavy atom. The molecule has 2 aliphatic carbocycles. The summed E-state index contributed by atoms with van der Waals surface area (Å²) in [5.41, 5.74) is 0.630. The monoisotopic (exact) mass is 420 g/mol. The number of halogens is 1. The van der Waals surface area contributed by atoms with Gasteiger partial charge in [-0.25, -0.2) is 0 Å². The Kier molecular flexibility index (Phi) is 5.04. The molecule has 0 saturated heterocycles. The van der Waals surface area contributed by atoms with Crippen molar-refractivity contribution >= 4 is 27.5 Å². The summed E-state index contributed by atoms with van der Waals surface area (Å²) in [6.45, 7) is 3.98. The lowest BCUT2D eigenvalue weighted by atomic mass is 9.54. The molecule has 1 aromatic carbocycles. The van der Waals surface area contributed by atoms with Crippen LogP contribution in [0.5, 0.6) is 11.5 Å². The third kappa shape index (κ3) is 2.81. The Morgan fingerprint density at radius 3 is 2.35 bits per heavy atom. The quantitative estimate of drug-likeness (QED) is 0.663. The largest absolute Gasteiger partial charge is 0.496 e. The molecule has 3 rings (SSSR count). The smallest absolute Gasteiger partial charge is 0.143 e. The molecule has 2 aliphatic rings. The van der Waals surface area contributed by atoms with Crippen molar-refractivity contribution in [1.82, 2.24) is 0 Å². The van der Waals surface area contributed by atoms with Gasteiger partial charge in [0.1, 0.15) is 23.1 Å². The molecule has 0 N–H and O–H groups in total. The average Bonchev–Trinajstić information content (AvgIpc) is 2.62. The van der Waals surface area contributed by atoms with Gasteiger partial charge in [0.2, 0.25) is 0 Å². The first kappa shape index (κ1) is 19.2.